The predicted octanol–water partition coefficient (Wildman–Crippen LogP) is 3.15. The third-order valence-electron chi connectivity index (χ3n) is 2.72. The quantitative estimate of drug-likeness (QED) is 0.889. The Bertz CT molecular complexity index is 624. The smallest absolute Gasteiger partial charge is 0.237 e. The molecule has 0 fully saturated rings. The highest BCUT2D eigenvalue weighted by Gasteiger charge is 2.12. The van der Waals surface area contributed by atoms with Crippen LogP contribution in [0, 0.1) is 0 Å². The highest BCUT2D eigenvalue weighted by atomic mass is 32.2. The number of nitrogens with one attached hydrogen (secondary N) is 1. The maximum atomic E-state index is 12.0. The molecule has 0 saturated carbocycles. The standard InChI is InChI=1S/C15H18N2O2S2/c1-11(2)15-17-13(8-20-15)9-21(19)10-14(18)16-12-6-4-3-5-7-12/h3-8,11H,9-10H2,1-2H3,(H,16,18)/t21-/m1/s1. The van der Waals surface area contributed by atoms with Gasteiger partial charge in [-0.25, -0.2) is 4.98 Å². The fraction of sp³-hybridized carbons (Fsp3) is 0.333. The summed E-state index contributed by atoms with van der Waals surface area (Å²) in [7, 11) is -1.24. The molecule has 1 aromatic heterocycles. The Kier molecular flexibility index (Phi) is 5.64. The van der Waals surface area contributed by atoms with Crippen LogP contribution < -0.4 is 5.32 Å². The van der Waals surface area contributed by atoms with Crippen LogP contribution >= 0.6 is 11.3 Å². The van der Waals surface area contributed by atoms with E-state index in [1.807, 2.05) is 23.6 Å². The van der Waals surface area contributed by atoms with Gasteiger partial charge in [0.1, 0.15) is 5.75 Å². The zero-order chi connectivity index (χ0) is 15.2. The molecular weight excluding hydrogens is 304 g/mol. The van der Waals surface area contributed by atoms with E-state index in [0.717, 1.165) is 16.4 Å². The van der Waals surface area contributed by atoms with Gasteiger partial charge in [0.15, 0.2) is 0 Å². The zero-order valence-electron chi connectivity index (χ0n) is 12.0. The molecule has 2 aromatic rings. The summed E-state index contributed by atoms with van der Waals surface area (Å²) in [5.41, 5.74) is 1.52. The maximum Gasteiger partial charge on any atom is 0.237 e. The Balaban J connectivity index is 1.85. The van der Waals surface area contributed by atoms with E-state index in [2.05, 4.69) is 24.1 Å². The van der Waals surface area contributed by atoms with Crippen molar-refractivity contribution in [2.45, 2.75) is 25.5 Å². The van der Waals surface area contributed by atoms with E-state index in [0.29, 0.717) is 11.7 Å². The lowest BCUT2D eigenvalue weighted by Gasteiger charge is -2.04. The molecule has 0 aliphatic rings. The van der Waals surface area contributed by atoms with Gasteiger partial charge < -0.3 is 5.32 Å². The number of anilines is 1. The molecule has 0 bridgehead atoms. The third-order valence-corrected chi connectivity index (χ3v) is 5.12. The largest absolute Gasteiger partial charge is 0.325 e. The number of amides is 1. The van der Waals surface area contributed by atoms with Gasteiger partial charge in [-0.3, -0.25) is 9.00 Å². The molecule has 0 radical (unpaired) electrons. The van der Waals surface area contributed by atoms with Crippen molar-refractivity contribution in [1.82, 2.24) is 4.98 Å². The molecule has 0 aliphatic carbocycles. The summed E-state index contributed by atoms with van der Waals surface area (Å²) in [6, 6.07) is 9.17. The van der Waals surface area contributed by atoms with E-state index in [-0.39, 0.29) is 11.7 Å². The number of para-hydroxylation sites is 1. The first-order valence-corrected chi connectivity index (χ1v) is 9.05. The normalized spacial score (nSPS) is 12.3. The van der Waals surface area contributed by atoms with Crippen LogP contribution in [-0.4, -0.2) is 20.9 Å². The van der Waals surface area contributed by atoms with Crippen molar-refractivity contribution < 1.29 is 9.00 Å². The van der Waals surface area contributed by atoms with Crippen molar-refractivity contribution >= 4 is 33.7 Å². The van der Waals surface area contributed by atoms with E-state index in [9.17, 15) is 9.00 Å². The van der Waals surface area contributed by atoms with Crippen molar-refractivity contribution in [2.24, 2.45) is 0 Å². The van der Waals surface area contributed by atoms with E-state index in [1.54, 1.807) is 23.5 Å². The molecular formula is C15H18N2O2S2. The highest BCUT2D eigenvalue weighted by Crippen LogP contribution is 2.19. The molecule has 1 N–H and O–H groups in total. The number of carbonyl (C=O) groups excluding carboxylic acids is 1. The van der Waals surface area contributed by atoms with Gasteiger partial charge in [-0.1, -0.05) is 32.0 Å². The summed E-state index contributed by atoms with van der Waals surface area (Å²) in [6.07, 6.45) is 0. The van der Waals surface area contributed by atoms with Crippen molar-refractivity contribution in [3.63, 3.8) is 0 Å². The van der Waals surface area contributed by atoms with Crippen LogP contribution in [0.3, 0.4) is 0 Å². The highest BCUT2D eigenvalue weighted by molar-refractivity contribution is 7.84. The molecule has 4 nitrogen and oxygen atoms in total. The van der Waals surface area contributed by atoms with Crippen LogP contribution in [-0.2, 0) is 21.3 Å². The Hall–Kier alpha value is -1.53. The summed E-state index contributed by atoms with van der Waals surface area (Å²) in [4.78, 5) is 16.2. The van der Waals surface area contributed by atoms with Gasteiger partial charge in [0.2, 0.25) is 5.91 Å². The second-order valence-electron chi connectivity index (χ2n) is 4.97. The Morgan fingerprint density at radius 1 is 1.33 bits per heavy atom. The van der Waals surface area contributed by atoms with Gasteiger partial charge >= 0.3 is 0 Å². The summed E-state index contributed by atoms with van der Waals surface area (Å²) >= 11 is 1.58. The lowest BCUT2D eigenvalue weighted by molar-refractivity contribution is -0.113. The molecule has 1 atom stereocenters. The van der Waals surface area contributed by atoms with Gasteiger partial charge in [0, 0.05) is 27.8 Å². The van der Waals surface area contributed by atoms with Gasteiger partial charge in [-0.2, -0.15) is 0 Å². The van der Waals surface area contributed by atoms with Gasteiger partial charge in [0.25, 0.3) is 0 Å². The number of carbonyl (C=O) groups is 1. The molecule has 0 aliphatic heterocycles. The molecule has 0 saturated heterocycles. The topological polar surface area (TPSA) is 59.1 Å². The number of nitrogens with zero attached hydrogens (tertiary/aromatic N) is 1. The average molecular weight is 322 g/mol. The van der Waals surface area contributed by atoms with Crippen molar-refractivity contribution in [1.29, 1.82) is 0 Å². The summed E-state index contributed by atoms with van der Waals surface area (Å²) < 4.78 is 12.0. The first kappa shape index (κ1) is 15.9. The monoisotopic (exact) mass is 322 g/mol. The molecule has 1 heterocycles. The second-order valence-corrected chi connectivity index (χ2v) is 7.32. The molecule has 1 aromatic carbocycles. The Morgan fingerprint density at radius 3 is 2.67 bits per heavy atom. The maximum absolute atomic E-state index is 12.0. The second kappa shape index (κ2) is 7.47. The predicted molar refractivity (Wildman–Crippen MR) is 88.0 cm³/mol. The average Bonchev–Trinajstić information content (AvgIpc) is 2.88. The van der Waals surface area contributed by atoms with Crippen molar-refractivity contribution in [3.05, 3.63) is 46.4 Å². The van der Waals surface area contributed by atoms with Crippen molar-refractivity contribution in [2.75, 3.05) is 11.1 Å². The number of thiazole rings is 1. The Labute approximate surface area is 131 Å². The minimum Gasteiger partial charge on any atom is -0.325 e. The molecule has 112 valence electrons. The number of benzene rings is 1. The Morgan fingerprint density at radius 2 is 2.05 bits per heavy atom. The van der Waals surface area contributed by atoms with Gasteiger partial charge in [-0.05, 0) is 12.1 Å². The van der Waals surface area contributed by atoms with Gasteiger partial charge in [0.05, 0.1) is 16.5 Å². The van der Waals surface area contributed by atoms with E-state index in [4.69, 9.17) is 0 Å². The SMILES string of the molecule is CC(C)c1nc(C[S@@](=O)CC(=O)Nc2ccccc2)cs1. The van der Waals surface area contributed by atoms with E-state index in [1.165, 1.54) is 0 Å². The lowest BCUT2D eigenvalue weighted by atomic mass is 10.2. The number of rotatable bonds is 6. The number of aromatic nitrogens is 1. The minimum absolute atomic E-state index is 0.0105. The van der Waals surface area contributed by atoms with Crippen molar-refractivity contribution in [3.8, 4) is 0 Å². The fourth-order valence-corrected chi connectivity index (χ4v) is 3.62. The first-order valence-electron chi connectivity index (χ1n) is 6.69. The summed E-state index contributed by atoms with van der Waals surface area (Å²) in [5, 5.41) is 5.69. The van der Waals surface area contributed by atoms with E-state index >= 15 is 0 Å². The van der Waals surface area contributed by atoms with Gasteiger partial charge in [-0.15, -0.1) is 11.3 Å². The van der Waals surface area contributed by atoms with Crippen LogP contribution in [0.1, 0.15) is 30.5 Å². The fourth-order valence-electron chi connectivity index (χ4n) is 1.73. The summed E-state index contributed by atoms with van der Waals surface area (Å²) in [5.74, 6) is 0.451. The van der Waals surface area contributed by atoms with Crippen LogP contribution in [0.15, 0.2) is 35.7 Å². The summed E-state index contributed by atoms with van der Waals surface area (Å²) in [6.45, 7) is 4.15. The molecule has 0 spiro atoms. The molecule has 21 heavy (non-hydrogen) atoms. The number of hydrogen-bond donors (Lipinski definition) is 1. The molecule has 6 heteroatoms. The zero-order valence-corrected chi connectivity index (χ0v) is 13.7. The van der Waals surface area contributed by atoms with Crippen LogP contribution in [0.4, 0.5) is 5.69 Å². The van der Waals surface area contributed by atoms with E-state index < -0.39 is 10.8 Å². The minimum atomic E-state index is -1.24. The third kappa shape index (κ3) is 5.06. The lowest BCUT2D eigenvalue weighted by Crippen LogP contribution is -2.20. The van der Waals surface area contributed by atoms with Crippen LogP contribution in [0.25, 0.3) is 0 Å². The molecule has 1 amide bonds. The van der Waals surface area contributed by atoms with Crippen LogP contribution in [0.2, 0.25) is 0 Å². The molecule has 2 rings (SSSR count). The molecule has 0 unspecified atom stereocenters. The van der Waals surface area contributed by atoms with Crippen LogP contribution in [0.5, 0.6) is 0 Å². The number of hydrogen-bond acceptors (Lipinski definition) is 4. The first-order chi connectivity index (χ1) is 10.0.